The van der Waals surface area contributed by atoms with Crippen molar-refractivity contribution < 1.29 is 19.5 Å². The van der Waals surface area contributed by atoms with Crippen molar-refractivity contribution in [2.75, 3.05) is 19.4 Å². The minimum absolute atomic E-state index is 0.00111. The van der Waals surface area contributed by atoms with E-state index in [0.717, 1.165) is 28.1 Å². The maximum atomic E-state index is 14.7. The summed E-state index contributed by atoms with van der Waals surface area (Å²) >= 11 is 0. The van der Waals surface area contributed by atoms with Gasteiger partial charge in [0.2, 0.25) is 4.87 Å². The highest BCUT2D eigenvalue weighted by Crippen LogP contribution is 2.79. The molecular weight excluding hydrogens is 647 g/mol. The van der Waals surface area contributed by atoms with E-state index in [1.54, 1.807) is 38.4 Å². The van der Waals surface area contributed by atoms with E-state index in [1.807, 2.05) is 61.0 Å². The Morgan fingerprint density at radius 1 is 0.844 bits per heavy atom. The summed E-state index contributed by atoms with van der Waals surface area (Å²) in [6.07, 6.45) is -0.831. The quantitative estimate of drug-likeness (QED) is 0.437. The Morgan fingerprint density at radius 3 is 2.27 bits per heavy atom. The molecule has 2 aromatic rings. The maximum absolute atomic E-state index is 14.7. The topological polar surface area (TPSA) is 96.4 Å². The molecule has 9 nitrogen and oxygen atoms in total. The third-order valence-electron chi connectivity index (χ3n) is 12.6. The lowest BCUT2D eigenvalue weighted by molar-refractivity contribution is -0.166. The van der Waals surface area contributed by atoms with Gasteiger partial charge in [0.25, 0.3) is 17.7 Å². The summed E-state index contributed by atoms with van der Waals surface area (Å²) in [5, 5.41) is 17.2. The number of rotatable bonds is 1. The van der Waals surface area contributed by atoms with Crippen molar-refractivity contribution in [3.8, 4) is 0 Å². The standard InChI is InChI=1S/C32H31N5O4S4/c1-16-30-15-29(19-12-8-9-13-20(19)33-23(29)37(30)25(40)27(2,34(16)4)42-44-30)31-18-11-7-6-10-17(18)14-21(31)36-24(39)28(3)35(5)26(41)32(36,22(31)38)45-43-28/h6-13,21-23,33,38H,1,14-15H2,2-5H3/t21?,22-,23?,27+,28+,29?,30-,31-,32-/m0/s1. The van der Waals surface area contributed by atoms with E-state index in [-0.39, 0.29) is 17.7 Å². The summed E-state index contributed by atoms with van der Waals surface area (Å²) < 4.78 is 0. The third kappa shape index (κ3) is 2.40. The Labute approximate surface area is 276 Å². The van der Waals surface area contributed by atoms with Gasteiger partial charge in [0.05, 0.1) is 16.9 Å². The number of anilines is 1. The van der Waals surface area contributed by atoms with Gasteiger partial charge in [0, 0.05) is 31.9 Å². The second-order valence-electron chi connectivity index (χ2n) is 13.9. The molecule has 2 aromatic carbocycles. The van der Waals surface area contributed by atoms with Crippen LogP contribution in [-0.4, -0.2) is 94.3 Å². The van der Waals surface area contributed by atoms with E-state index < -0.39 is 48.6 Å². The SMILES string of the molecule is C=C1N(C)[C@]2(C)SS[C@@]13CC1([C@@]45c6ccccc6CC4N4C(=O)[C@@]6(C)SS[C@]4(C(=O)N6C)[C@H]5O)c4ccccc4NC1N3C2=O. The average Bonchev–Trinajstić information content (AvgIpc) is 3.70. The van der Waals surface area contributed by atoms with Gasteiger partial charge in [-0.1, -0.05) is 81.4 Å². The van der Waals surface area contributed by atoms with Gasteiger partial charge in [-0.05, 0) is 53.8 Å². The van der Waals surface area contributed by atoms with Crippen molar-refractivity contribution in [1.82, 2.24) is 19.6 Å². The number of benzene rings is 2. The Balaban J connectivity index is 1.33. The molecule has 13 heteroatoms. The van der Waals surface area contributed by atoms with Crippen LogP contribution in [-0.2, 0) is 31.6 Å². The van der Waals surface area contributed by atoms with E-state index in [4.69, 9.17) is 0 Å². The summed E-state index contributed by atoms with van der Waals surface area (Å²) in [5.74, 6) is -0.389. The first-order chi connectivity index (χ1) is 21.4. The van der Waals surface area contributed by atoms with E-state index in [1.165, 1.54) is 21.6 Å². The fourth-order valence-electron chi connectivity index (χ4n) is 10.3. The van der Waals surface area contributed by atoms with Gasteiger partial charge in [-0.2, -0.15) is 0 Å². The molecule has 9 atom stereocenters. The number of para-hydroxylation sites is 1. The number of hydrogen-bond donors (Lipinski definition) is 2. The molecule has 8 saturated heterocycles. The van der Waals surface area contributed by atoms with Crippen LogP contribution in [0.3, 0.4) is 0 Å². The van der Waals surface area contributed by atoms with Crippen molar-refractivity contribution in [1.29, 1.82) is 0 Å². The molecule has 9 heterocycles. The number of fused-ring (bicyclic) bond motifs is 11. The summed E-state index contributed by atoms with van der Waals surface area (Å²) in [7, 11) is 9.59. The molecule has 9 aliphatic heterocycles. The van der Waals surface area contributed by atoms with Crippen LogP contribution in [0.25, 0.3) is 0 Å². The number of aliphatic hydroxyl groups is 1. The first kappa shape index (κ1) is 27.6. The molecule has 0 saturated carbocycles. The minimum Gasteiger partial charge on any atom is -0.388 e. The van der Waals surface area contributed by atoms with Crippen LogP contribution in [0.1, 0.15) is 37.0 Å². The van der Waals surface area contributed by atoms with Gasteiger partial charge in [-0.3, -0.25) is 19.3 Å². The first-order valence-corrected chi connectivity index (χ1v) is 19.4. The molecular formula is C32H31N5O4S4. The molecule has 8 fully saturated rings. The van der Waals surface area contributed by atoms with E-state index in [2.05, 4.69) is 30.1 Å². The normalized spacial score (nSPS) is 46.3. The van der Waals surface area contributed by atoms with Crippen LogP contribution in [0.15, 0.2) is 60.8 Å². The Bertz CT molecular complexity index is 1860. The van der Waals surface area contributed by atoms with Crippen LogP contribution in [0.2, 0.25) is 0 Å². The number of piperazine rings is 2. The van der Waals surface area contributed by atoms with Gasteiger partial charge in [0.15, 0.2) is 9.74 Å². The third-order valence-corrected chi connectivity index (χ3v) is 20.0. The molecule has 45 heavy (non-hydrogen) atoms. The number of likely N-dealkylation sites (N-methyl/N-ethyl adjacent to an activating group) is 2. The van der Waals surface area contributed by atoms with Crippen molar-refractivity contribution >= 4 is 66.6 Å². The number of amides is 3. The van der Waals surface area contributed by atoms with E-state index in [0.29, 0.717) is 12.8 Å². The highest BCUT2D eigenvalue weighted by atomic mass is 33.1. The number of nitrogens with zero attached hydrogens (tertiary/aromatic N) is 4. The average molecular weight is 678 g/mol. The molecule has 3 amide bonds. The van der Waals surface area contributed by atoms with Gasteiger partial charge in [-0.15, -0.1) is 0 Å². The van der Waals surface area contributed by atoms with Crippen LogP contribution in [0.5, 0.6) is 0 Å². The van der Waals surface area contributed by atoms with Gasteiger partial charge in [-0.25, -0.2) is 0 Å². The largest absolute Gasteiger partial charge is 0.388 e. The van der Waals surface area contributed by atoms with E-state index >= 15 is 0 Å². The number of aliphatic hydroxyl groups excluding tert-OH is 1. The molecule has 12 rings (SSSR count). The highest BCUT2D eigenvalue weighted by molar-refractivity contribution is 8.78. The molecule has 0 radical (unpaired) electrons. The van der Waals surface area contributed by atoms with Crippen LogP contribution >= 0.6 is 43.2 Å². The predicted molar refractivity (Wildman–Crippen MR) is 178 cm³/mol. The summed E-state index contributed by atoms with van der Waals surface area (Å²) in [6, 6.07) is 15.8. The molecule has 4 bridgehead atoms. The molecule has 2 N–H and O–H groups in total. The minimum atomic E-state index is -1.51. The zero-order valence-corrected chi connectivity index (χ0v) is 28.3. The van der Waals surface area contributed by atoms with Crippen molar-refractivity contribution in [3.63, 3.8) is 0 Å². The lowest BCUT2D eigenvalue weighted by Crippen LogP contribution is -2.77. The summed E-state index contributed by atoms with van der Waals surface area (Å²) in [4.78, 5) is 47.2. The zero-order chi connectivity index (χ0) is 31.3. The molecule has 10 aliphatic rings. The summed E-state index contributed by atoms with van der Waals surface area (Å²) in [6.45, 7) is 8.38. The second kappa shape index (κ2) is 7.81. The Hall–Kier alpha value is -2.45. The van der Waals surface area contributed by atoms with Crippen molar-refractivity contribution in [3.05, 3.63) is 77.5 Å². The smallest absolute Gasteiger partial charge is 0.264 e. The summed E-state index contributed by atoms with van der Waals surface area (Å²) in [5.41, 5.74) is 2.75. The van der Waals surface area contributed by atoms with Crippen molar-refractivity contribution in [2.45, 2.75) is 75.3 Å². The zero-order valence-electron chi connectivity index (χ0n) is 25.1. The molecule has 232 valence electrons. The number of nitrogens with one attached hydrogen (secondary N) is 1. The lowest BCUT2D eigenvalue weighted by atomic mass is 9.52. The van der Waals surface area contributed by atoms with Gasteiger partial charge in [0.1, 0.15) is 17.1 Å². The molecule has 3 unspecified atom stereocenters. The Morgan fingerprint density at radius 2 is 1.49 bits per heavy atom. The lowest BCUT2D eigenvalue weighted by Gasteiger charge is -2.60. The Kier molecular flexibility index (Phi) is 4.80. The predicted octanol–water partition coefficient (Wildman–Crippen LogP) is 3.52. The fraction of sp³-hybridized carbons (Fsp3) is 0.469. The highest BCUT2D eigenvalue weighted by Gasteiger charge is 2.89. The number of carbonyl (C=O) groups excluding carboxylic acids is 3. The number of carbonyl (C=O) groups is 3. The monoisotopic (exact) mass is 677 g/mol. The van der Waals surface area contributed by atoms with Crippen LogP contribution in [0, 0.1) is 0 Å². The second-order valence-corrected chi connectivity index (χ2v) is 19.4. The number of hydrogen-bond acceptors (Lipinski definition) is 10. The van der Waals surface area contributed by atoms with Crippen LogP contribution in [0.4, 0.5) is 5.69 Å². The molecule has 1 aliphatic carbocycles. The van der Waals surface area contributed by atoms with Gasteiger partial charge >= 0.3 is 0 Å². The molecule has 2 spiro atoms. The first-order valence-electron chi connectivity index (χ1n) is 15.1. The van der Waals surface area contributed by atoms with E-state index in [9.17, 15) is 19.5 Å². The fourth-order valence-corrected chi connectivity index (χ4v) is 17.5. The van der Waals surface area contributed by atoms with Crippen molar-refractivity contribution in [2.24, 2.45) is 0 Å². The van der Waals surface area contributed by atoms with Gasteiger partial charge < -0.3 is 25.1 Å². The molecule has 0 aromatic heterocycles. The van der Waals surface area contributed by atoms with Crippen LogP contribution < -0.4 is 5.32 Å². The maximum Gasteiger partial charge on any atom is 0.264 e.